The predicted octanol–water partition coefficient (Wildman–Crippen LogP) is 3.33. The van der Waals surface area contributed by atoms with Gasteiger partial charge >= 0.3 is 0 Å². The fourth-order valence-corrected chi connectivity index (χ4v) is 2.69. The minimum absolute atomic E-state index is 0.957. The van der Waals surface area contributed by atoms with Gasteiger partial charge in [0.1, 0.15) is 0 Å². The lowest BCUT2D eigenvalue weighted by Gasteiger charge is -2.20. The molecule has 0 bridgehead atoms. The van der Waals surface area contributed by atoms with E-state index in [0.29, 0.717) is 0 Å². The third kappa shape index (κ3) is 8.62. The van der Waals surface area contributed by atoms with Crippen LogP contribution in [0.3, 0.4) is 0 Å². The lowest BCUT2D eigenvalue weighted by molar-refractivity contribution is 0.360. The van der Waals surface area contributed by atoms with Gasteiger partial charge < -0.3 is 10.6 Å². The van der Waals surface area contributed by atoms with Crippen LogP contribution in [0.15, 0.2) is 0 Å². The van der Waals surface area contributed by atoms with Gasteiger partial charge in [-0.1, -0.05) is 39.0 Å². The largest absolute Gasteiger partial charge is 0.317 e. The Morgan fingerprint density at radius 2 is 1.47 bits per heavy atom. The Kier molecular flexibility index (Phi) is 9.72. The van der Waals surface area contributed by atoms with Crippen LogP contribution < -0.4 is 10.6 Å². The van der Waals surface area contributed by atoms with E-state index in [1.807, 2.05) is 0 Å². The summed E-state index contributed by atoms with van der Waals surface area (Å²) in [5.74, 6) is 0.957. The first-order valence-corrected chi connectivity index (χ1v) is 7.85. The molecule has 2 nitrogen and oxygen atoms in total. The minimum Gasteiger partial charge on any atom is -0.317 e. The van der Waals surface area contributed by atoms with Crippen molar-refractivity contribution in [3.8, 4) is 0 Å². The first kappa shape index (κ1) is 15.0. The number of hydrogen-bond donors (Lipinski definition) is 2. The molecule has 0 radical (unpaired) electrons. The fraction of sp³-hybridized carbons (Fsp3) is 1.00. The van der Waals surface area contributed by atoms with Crippen LogP contribution in [0, 0.1) is 5.92 Å². The van der Waals surface area contributed by atoms with Crippen LogP contribution in [0.25, 0.3) is 0 Å². The number of hydrogen-bond acceptors (Lipinski definition) is 2. The topological polar surface area (TPSA) is 24.1 Å². The molecule has 17 heavy (non-hydrogen) atoms. The van der Waals surface area contributed by atoms with Crippen molar-refractivity contribution < 1.29 is 0 Å². The maximum absolute atomic E-state index is 3.64. The number of nitrogens with one attached hydrogen (secondary N) is 2. The summed E-state index contributed by atoms with van der Waals surface area (Å²) in [6, 6.07) is 0. The average Bonchev–Trinajstić information content (AvgIpc) is 2.30. The zero-order valence-corrected chi connectivity index (χ0v) is 11.8. The highest BCUT2D eigenvalue weighted by molar-refractivity contribution is 4.66. The van der Waals surface area contributed by atoms with Gasteiger partial charge in [-0.05, 0) is 57.8 Å². The van der Waals surface area contributed by atoms with Crippen LogP contribution in [-0.2, 0) is 0 Å². The molecule has 0 spiro atoms. The molecule has 1 aliphatic rings. The Hall–Kier alpha value is -0.0800. The van der Waals surface area contributed by atoms with Gasteiger partial charge in [-0.15, -0.1) is 0 Å². The van der Waals surface area contributed by atoms with Crippen LogP contribution >= 0.6 is 0 Å². The summed E-state index contributed by atoms with van der Waals surface area (Å²) in [6.07, 6.45) is 12.8. The second-order valence-corrected chi connectivity index (χ2v) is 5.52. The van der Waals surface area contributed by atoms with Crippen molar-refractivity contribution in [1.29, 1.82) is 0 Å². The molecule has 2 N–H and O–H groups in total. The van der Waals surface area contributed by atoms with Crippen LogP contribution in [0.1, 0.15) is 64.7 Å². The molecular weight excluding hydrogens is 208 g/mol. The highest BCUT2D eigenvalue weighted by atomic mass is 14.9. The molecule has 1 rings (SSSR count). The fourth-order valence-electron chi connectivity index (χ4n) is 2.69. The van der Waals surface area contributed by atoms with Gasteiger partial charge in [-0.2, -0.15) is 0 Å². The summed E-state index contributed by atoms with van der Waals surface area (Å²) >= 11 is 0. The smallest absolute Gasteiger partial charge is 0.00205 e. The zero-order chi connectivity index (χ0) is 12.2. The summed E-state index contributed by atoms with van der Waals surface area (Å²) in [5.41, 5.74) is 0. The van der Waals surface area contributed by atoms with E-state index in [1.54, 1.807) is 0 Å². The SMILES string of the molecule is CCCNCCCNCC1CCCCCCC1. The lowest BCUT2D eigenvalue weighted by Crippen LogP contribution is -2.27. The van der Waals surface area contributed by atoms with Crippen LogP contribution in [0.4, 0.5) is 0 Å². The second-order valence-electron chi connectivity index (χ2n) is 5.52. The second kappa shape index (κ2) is 11.0. The highest BCUT2D eigenvalue weighted by Gasteiger charge is 2.10. The van der Waals surface area contributed by atoms with Crippen LogP contribution in [0.2, 0.25) is 0 Å². The molecule has 0 aromatic carbocycles. The minimum atomic E-state index is 0.957. The van der Waals surface area contributed by atoms with Crippen molar-refractivity contribution >= 4 is 0 Å². The molecule has 2 heteroatoms. The molecule has 1 saturated carbocycles. The molecule has 0 atom stereocenters. The monoisotopic (exact) mass is 240 g/mol. The molecule has 1 fully saturated rings. The van der Waals surface area contributed by atoms with Gasteiger partial charge in [-0.3, -0.25) is 0 Å². The molecule has 1 aliphatic carbocycles. The van der Waals surface area contributed by atoms with E-state index in [4.69, 9.17) is 0 Å². The molecular formula is C15H32N2. The molecule has 0 aliphatic heterocycles. The summed E-state index contributed by atoms with van der Waals surface area (Å²) in [6.45, 7) is 7.01. The molecule has 102 valence electrons. The first-order valence-electron chi connectivity index (χ1n) is 7.85. The predicted molar refractivity (Wildman–Crippen MR) is 76.5 cm³/mol. The van der Waals surface area contributed by atoms with Crippen LogP contribution in [-0.4, -0.2) is 26.2 Å². The van der Waals surface area contributed by atoms with Crippen molar-refractivity contribution in [2.45, 2.75) is 64.7 Å². The van der Waals surface area contributed by atoms with Crippen LogP contribution in [0.5, 0.6) is 0 Å². The maximum atomic E-state index is 3.64. The van der Waals surface area contributed by atoms with Gasteiger partial charge in [0.25, 0.3) is 0 Å². The van der Waals surface area contributed by atoms with Crippen molar-refractivity contribution in [2.24, 2.45) is 5.92 Å². The Morgan fingerprint density at radius 3 is 2.18 bits per heavy atom. The molecule has 0 aromatic heterocycles. The summed E-state index contributed by atoms with van der Waals surface area (Å²) in [4.78, 5) is 0. The van der Waals surface area contributed by atoms with Gasteiger partial charge in [-0.25, -0.2) is 0 Å². The summed E-state index contributed by atoms with van der Waals surface area (Å²) < 4.78 is 0. The van der Waals surface area contributed by atoms with E-state index >= 15 is 0 Å². The quantitative estimate of drug-likeness (QED) is 0.636. The Balaban J connectivity index is 1.90. The molecule has 0 amide bonds. The Labute approximate surface area is 108 Å². The van der Waals surface area contributed by atoms with Gasteiger partial charge in [0.2, 0.25) is 0 Å². The van der Waals surface area contributed by atoms with E-state index in [2.05, 4.69) is 17.6 Å². The standard InChI is InChI=1S/C15H32N2/c1-2-11-16-12-8-13-17-14-15-9-6-4-3-5-7-10-15/h15-17H,2-14H2,1H3. The van der Waals surface area contributed by atoms with E-state index in [0.717, 1.165) is 5.92 Å². The molecule has 0 heterocycles. The molecule has 0 aromatic rings. The third-order valence-electron chi connectivity index (χ3n) is 3.79. The van der Waals surface area contributed by atoms with Gasteiger partial charge in [0.05, 0.1) is 0 Å². The lowest BCUT2D eigenvalue weighted by atomic mass is 9.91. The highest BCUT2D eigenvalue weighted by Crippen LogP contribution is 2.21. The van der Waals surface area contributed by atoms with Crippen molar-refractivity contribution in [3.63, 3.8) is 0 Å². The van der Waals surface area contributed by atoms with Gasteiger partial charge in [0.15, 0.2) is 0 Å². The Morgan fingerprint density at radius 1 is 0.824 bits per heavy atom. The molecule has 0 saturated heterocycles. The van der Waals surface area contributed by atoms with E-state index in [9.17, 15) is 0 Å². The third-order valence-corrected chi connectivity index (χ3v) is 3.79. The van der Waals surface area contributed by atoms with Crippen molar-refractivity contribution in [1.82, 2.24) is 10.6 Å². The van der Waals surface area contributed by atoms with Gasteiger partial charge in [0, 0.05) is 0 Å². The number of rotatable bonds is 8. The van der Waals surface area contributed by atoms with Crippen molar-refractivity contribution in [3.05, 3.63) is 0 Å². The average molecular weight is 240 g/mol. The first-order chi connectivity index (χ1) is 8.43. The van der Waals surface area contributed by atoms with E-state index in [-0.39, 0.29) is 0 Å². The van der Waals surface area contributed by atoms with Crippen molar-refractivity contribution in [2.75, 3.05) is 26.2 Å². The molecule has 0 unspecified atom stereocenters. The summed E-state index contributed by atoms with van der Waals surface area (Å²) in [7, 11) is 0. The van der Waals surface area contributed by atoms with E-state index in [1.165, 1.54) is 84.0 Å². The Bertz CT molecular complexity index is 151. The maximum Gasteiger partial charge on any atom is -0.00205 e. The zero-order valence-electron chi connectivity index (χ0n) is 11.8. The van der Waals surface area contributed by atoms with E-state index < -0.39 is 0 Å². The summed E-state index contributed by atoms with van der Waals surface area (Å²) in [5, 5.41) is 7.09. The normalized spacial score (nSPS) is 18.9.